The lowest BCUT2D eigenvalue weighted by atomic mass is 9.89. The van der Waals surface area contributed by atoms with Crippen LogP contribution >= 0.6 is 0 Å². The Bertz CT molecular complexity index is 193. The van der Waals surface area contributed by atoms with E-state index in [1.165, 1.54) is 7.11 Å². The molecule has 1 aliphatic rings. The molecule has 1 saturated heterocycles. The molecule has 0 bridgehead atoms. The van der Waals surface area contributed by atoms with E-state index in [-0.39, 0.29) is 17.9 Å². The zero-order valence-corrected chi connectivity index (χ0v) is 8.32. The molecule has 0 unspecified atom stereocenters. The molecule has 4 heteroatoms. The first-order chi connectivity index (χ1) is 6.07. The van der Waals surface area contributed by atoms with E-state index in [1.807, 2.05) is 0 Å². The number of hydrogen-bond acceptors (Lipinski definition) is 4. The summed E-state index contributed by atoms with van der Waals surface area (Å²) >= 11 is 0. The lowest BCUT2D eigenvalue weighted by molar-refractivity contribution is -0.151. The maximum absolute atomic E-state index is 11.2. The molecule has 0 aromatic rings. The molecule has 1 fully saturated rings. The monoisotopic (exact) mass is 187 g/mol. The van der Waals surface area contributed by atoms with E-state index < -0.39 is 6.10 Å². The average Bonchev–Trinajstić information content (AvgIpc) is 2.46. The predicted octanol–water partition coefficient (Wildman–Crippen LogP) is 0.158. The van der Waals surface area contributed by atoms with Crippen LogP contribution in [0.1, 0.15) is 13.8 Å². The van der Waals surface area contributed by atoms with Crippen molar-refractivity contribution in [1.29, 1.82) is 0 Å². The van der Waals surface area contributed by atoms with Crippen LogP contribution in [0.3, 0.4) is 0 Å². The Hall–Kier alpha value is -0.610. The number of carbonyl (C=O) groups is 1. The fraction of sp³-hybridized carbons (Fsp3) is 0.889. The fourth-order valence-electron chi connectivity index (χ4n) is 1.64. The Balaban J connectivity index is 2.59. The average molecular weight is 187 g/mol. The summed E-state index contributed by atoms with van der Waals surface area (Å²) in [5.74, 6) is 0.324. The van der Waals surface area contributed by atoms with Gasteiger partial charge in [-0.15, -0.1) is 0 Å². The molecule has 1 aliphatic heterocycles. The highest BCUT2D eigenvalue weighted by atomic mass is 16.6. The molecule has 0 saturated carbocycles. The Kier molecular flexibility index (Phi) is 3.27. The number of ether oxygens (including phenoxy) is 2. The van der Waals surface area contributed by atoms with Crippen LogP contribution in [-0.2, 0) is 14.3 Å². The first kappa shape index (κ1) is 10.5. The lowest BCUT2D eigenvalue weighted by Gasteiger charge is -2.19. The second kappa shape index (κ2) is 4.07. The summed E-state index contributed by atoms with van der Waals surface area (Å²) in [7, 11) is 1.35. The molecule has 0 spiro atoms. The van der Waals surface area contributed by atoms with Crippen molar-refractivity contribution in [2.75, 3.05) is 13.7 Å². The van der Waals surface area contributed by atoms with Gasteiger partial charge in [0.1, 0.15) is 0 Å². The summed E-state index contributed by atoms with van der Waals surface area (Å²) in [6.45, 7) is 4.71. The van der Waals surface area contributed by atoms with Crippen molar-refractivity contribution in [2.45, 2.75) is 26.0 Å². The Morgan fingerprint density at radius 3 is 2.62 bits per heavy atom. The zero-order chi connectivity index (χ0) is 10.0. The molecule has 0 aromatic carbocycles. The summed E-state index contributed by atoms with van der Waals surface area (Å²) in [5, 5.41) is 0. The molecule has 0 aromatic heterocycles. The van der Waals surface area contributed by atoms with Crippen molar-refractivity contribution in [3.8, 4) is 0 Å². The highest BCUT2D eigenvalue weighted by Gasteiger charge is 2.40. The van der Waals surface area contributed by atoms with Gasteiger partial charge in [0.05, 0.1) is 13.7 Å². The Labute approximate surface area is 78.4 Å². The Morgan fingerprint density at radius 2 is 2.23 bits per heavy atom. The van der Waals surface area contributed by atoms with Gasteiger partial charge in [0.15, 0.2) is 6.10 Å². The number of hydrogen-bond donors (Lipinski definition) is 1. The molecule has 3 atom stereocenters. The number of nitrogens with two attached hydrogens (primary N) is 1. The second-order valence-electron chi connectivity index (χ2n) is 3.76. The van der Waals surface area contributed by atoms with Crippen molar-refractivity contribution in [1.82, 2.24) is 0 Å². The maximum atomic E-state index is 11.2. The van der Waals surface area contributed by atoms with E-state index in [1.54, 1.807) is 0 Å². The number of carbonyl (C=O) groups excluding carboxylic acids is 1. The molecule has 76 valence electrons. The van der Waals surface area contributed by atoms with Gasteiger partial charge in [-0.25, -0.2) is 4.79 Å². The van der Waals surface area contributed by atoms with Crippen molar-refractivity contribution in [2.24, 2.45) is 17.6 Å². The van der Waals surface area contributed by atoms with Crippen molar-refractivity contribution in [3.63, 3.8) is 0 Å². The third-order valence-corrected chi connectivity index (χ3v) is 2.60. The van der Waals surface area contributed by atoms with E-state index >= 15 is 0 Å². The summed E-state index contributed by atoms with van der Waals surface area (Å²) < 4.78 is 9.88. The van der Waals surface area contributed by atoms with E-state index in [0.717, 1.165) is 0 Å². The van der Waals surface area contributed by atoms with Gasteiger partial charge in [-0.3, -0.25) is 0 Å². The Morgan fingerprint density at radius 1 is 1.62 bits per heavy atom. The highest BCUT2D eigenvalue weighted by molar-refractivity contribution is 5.75. The second-order valence-corrected chi connectivity index (χ2v) is 3.76. The molecule has 0 radical (unpaired) electrons. The standard InChI is InChI=1S/C9H17NO3/c1-5(2)6-4-13-8(7(6)10)9(11)12-3/h5-8H,4,10H2,1-3H3/t6-,7+,8+/m0/s1. The predicted molar refractivity (Wildman–Crippen MR) is 48.1 cm³/mol. The third-order valence-electron chi connectivity index (χ3n) is 2.60. The topological polar surface area (TPSA) is 61.5 Å². The van der Waals surface area contributed by atoms with E-state index in [0.29, 0.717) is 12.5 Å². The van der Waals surface area contributed by atoms with Gasteiger partial charge in [-0.05, 0) is 5.92 Å². The molecule has 0 aliphatic carbocycles. The molecule has 13 heavy (non-hydrogen) atoms. The smallest absolute Gasteiger partial charge is 0.336 e. The molecule has 1 rings (SSSR count). The van der Waals surface area contributed by atoms with Crippen LogP contribution in [-0.4, -0.2) is 31.8 Å². The van der Waals surface area contributed by atoms with Gasteiger partial charge in [0.25, 0.3) is 0 Å². The largest absolute Gasteiger partial charge is 0.467 e. The minimum atomic E-state index is -0.572. The molecule has 1 heterocycles. The number of rotatable bonds is 2. The van der Waals surface area contributed by atoms with Crippen LogP contribution in [0.5, 0.6) is 0 Å². The first-order valence-corrected chi connectivity index (χ1v) is 4.53. The van der Waals surface area contributed by atoms with Crippen molar-refractivity contribution in [3.05, 3.63) is 0 Å². The van der Waals surface area contributed by atoms with Crippen LogP contribution < -0.4 is 5.73 Å². The summed E-state index contributed by atoms with van der Waals surface area (Å²) in [5.41, 5.74) is 5.87. The van der Waals surface area contributed by atoms with Crippen LogP contribution in [0, 0.1) is 11.8 Å². The molecule has 4 nitrogen and oxygen atoms in total. The van der Waals surface area contributed by atoms with Gasteiger partial charge in [0, 0.05) is 12.0 Å². The van der Waals surface area contributed by atoms with Gasteiger partial charge >= 0.3 is 5.97 Å². The minimum Gasteiger partial charge on any atom is -0.467 e. The van der Waals surface area contributed by atoms with E-state index in [9.17, 15) is 4.79 Å². The van der Waals surface area contributed by atoms with Crippen LogP contribution in [0.2, 0.25) is 0 Å². The number of methoxy groups -OCH3 is 1. The van der Waals surface area contributed by atoms with Gasteiger partial charge in [-0.1, -0.05) is 13.8 Å². The summed E-state index contributed by atoms with van der Waals surface area (Å²) in [6.07, 6.45) is -0.572. The SMILES string of the molecule is COC(=O)[C@@H]1OC[C@@H](C(C)C)[C@H]1N. The molecular formula is C9H17NO3. The quantitative estimate of drug-likeness (QED) is 0.625. The van der Waals surface area contributed by atoms with Crippen molar-refractivity contribution < 1.29 is 14.3 Å². The van der Waals surface area contributed by atoms with Crippen molar-refractivity contribution >= 4 is 5.97 Å². The normalized spacial score (nSPS) is 33.8. The van der Waals surface area contributed by atoms with Gasteiger partial charge < -0.3 is 15.2 Å². The zero-order valence-electron chi connectivity index (χ0n) is 8.32. The first-order valence-electron chi connectivity index (χ1n) is 4.53. The summed E-state index contributed by atoms with van der Waals surface area (Å²) in [6, 6.07) is -0.229. The minimum absolute atomic E-state index is 0.229. The third kappa shape index (κ3) is 2.00. The highest BCUT2D eigenvalue weighted by Crippen LogP contribution is 2.25. The van der Waals surface area contributed by atoms with Gasteiger partial charge in [-0.2, -0.15) is 0 Å². The molecule has 0 amide bonds. The van der Waals surface area contributed by atoms with E-state index in [4.69, 9.17) is 10.5 Å². The van der Waals surface area contributed by atoms with Crippen LogP contribution in [0.15, 0.2) is 0 Å². The van der Waals surface area contributed by atoms with Crippen LogP contribution in [0.25, 0.3) is 0 Å². The molecule has 2 N–H and O–H groups in total. The lowest BCUT2D eigenvalue weighted by Crippen LogP contribution is -2.42. The maximum Gasteiger partial charge on any atom is 0.336 e. The van der Waals surface area contributed by atoms with Gasteiger partial charge in [0.2, 0.25) is 0 Å². The number of esters is 1. The van der Waals surface area contributed by atoms with Crippen LogP contribution in [0.4, 0.5) is 0 Å². The fourth-order valence-corrected chi connectivity index (χ4v) is 1.64. The molecular weight excluding hydrogens is 170 g/mol. The summed E-state index contributed by atoms with van der Waals surface area (Å²) in [4.78, 5) is 11.2. The van der Waals surface area contributed by atoms with E-state index in [2.05, 4.69) is 18.6 Å².